The van der Waals surface area contributed by atoms with Crippen molar-refractivity contribution in [2.24, 2.45) is 5.92 Å². The van der Waals surface area contributed by atoms with Crippen LogP contribution in [0.4, 0.5) is 8.78 Å². The number of halogens is 2. The van der Waals surface area contributed by atoms with Gasteiger partial charge in [-0.1, -0.05) is 31.4 Å². The van der Waals surface area contributed by atoms with Crippen molar-refractivity contribution >= 4 is 11.9 Å². The van der Waals surface area contributed by atoms with E-state index in [1.54, 1.807) is 12.1 Å². The summed E-state index contributed by atoms with van der Waals surface area (Å²) in [7, 11) is 0. The molecule has 2 N–H and O–H groups in total. The maximum Gasteiger partial charge on any atom is 0.387 e. The Balaban J connectivity index is 1.92. The number of benzene rings is 1. The van der Waals surface area contributed by atoms with E-state index in [2.05, 4.69) is 10.1 Å². The van der Waals surface area contributed by atoms with Crippen LogP contribution >= 0.6 is 0 Å². The minimum Gasteiger partial charge on any atom is -0.481 e. The van der Waals surface area contributed by atoms with Crippen LogP contribution in [0, 0.1) is 5.92 Å². The molecule has 0 saturated heterocycles. The summed E-state index contributed by atoms with van der Waals surface area (Å²) in [6.45, 7) is -2.89. The molecule has 0 aromatic heterocycles. The summed E-state index contributed by atoms with van der Waals surface area (Å²) in [6.07, 6.45) is 4.02. The van der Waals surface area contributed by atoms with Crippen molar-refractivity contribution in [3.63, 3.8) is 0 Å². The van der Waals surface area contributed by atoms with Gasteiger partial charge in [0.15, 0.2) is 0 Å². The predicted octanol–water partition coefficient (Wildman–Crippen LogP) is 2.98. The van der Waals surface area contributed by atoms with E-state index in [9.17, 15) is 23.5 Å². The van der Waals surface area contributed by atoms with Gasteiger partial charge in [-0.25, -0.2) is 0 Å². The molecule has 1 aliphatic carbocycles. The zero-order chi connectivity index (χ0) is 17.5. The van der Waals surface area contributed by atoms with Crippen molar-refractivity contribution < 1.29 is 28.2 Å². The molecule has 2 rings (SSSR count). The number of ether oxygens (including phenoxy) is 1. The first-order chi connectivity index (χ1) is 11.5. The van der Waals surface area contributed by atoms with E-state index in [4.69, 9.17) is 0 Å². The van der Waals surface area contributed by atoms with Crippen LogP contribution in [0.25, 0.3) is 0 Å². The van der Waals surface area contributed by atoms with E-state index in [0.29, 0.717) is 18.4 Å². The number of aliphatic carboxylic acids is 1. The van der Waals surface area contributed by atoms with Crippen molar-refractivity contribution in [2.75, 3.05) is 0 Å². The molecule has 2 atom stereocenters. The maximum atomic E-state index is 12.2. The number of carboxylic acids is 1. The van der Waals surface area contributed by atoms with Gasteiger partial charge in [-0.05, 0) is 30.5 Å². The molecule has 0 heterocycles. The summed E-state index contributed by atoms with van der Waals surface area (Å²) in [4.78, 5) is 23.5. The lowest BCUT2D eigenvalue weighted by molar-refractivity contribution is -0.143. The largest absolute Gasteiger partial charge is 0.481 e. The van der Waals surface area contributed by atoms with Crippen molar-refractivity contribution in [1.82, 2.24) is 5.32 Å². The number of carbonyl (C=O) groups is 2. The third-order valence-electron chi connectivity index (χ3n) is 4.19. The number of alkyl halides is 2. The normalized spacial score (nSPS) is 21.1. The smallest absolute Gasteiger partial charge is 0.387 e. The second kappa shape index (κ2) is 8.61. The van der Waals surface area contributed by atoms with Crippen LogP contribution < -0.4 is 10.1 Å². The second-order valence-electron chi connectivity index (χ2n) is 5.96. The average molecular weight is 341 g/mol. The van der Waals surface area contributed by atoms with E-state index in [1.807, 2.05) is 0 Å². The molecule has 0 aliphatic heterocycles. The number of hydrogen-bond acceptors (Lipinski definition) is 3. The molecule has 0 radical (unpaired) electrons. The minimum absolute atomic E-state index is 0.0314. The number of rotatable bonds is 6. The molecule has 1 fully saturated rings. The number of amides is 1. The highest BCUT2D eigenvalue weighted by molar-refractivity contribution is 5.80. The molecule has 7 heteroatoms. The topological polar surface area (TPSA) is 75.6 Å². The van der Waals surface area contributed by atoms with Gasteiger partial charge in [0.2, 0.25) is 5.91 Å². The zero-order valence-electron chi connectivity index (χ0n) is 13.2. The average Bonchev–Trinajstić information content (AvgIpc) is 2.74. The van der Waals surface area contributed by atoms with Crippen LogP contribution in [0.5, 0.6) is 5.75 Å². The van der Waals surface area contributed by atoms with E-state index in [-0.39, 0.29) is 24.1 Å². The Morgan fingerprint density at radius 3 is 2.46 bits per heavy atom. The third-order valence-corrected chi connectivity index (χ3v) is 4.19. The highest BCUT2D eigenvalue weighted by atomic mass is 19.3. The lowest BCUT2D eigenvalue weighted by Crippen LogP contribution is -2.43. The Labute approximate surface area is 139 Å². The summed E-state index contributed by atoms with van der Waals surface area (Å²) >= 11 is 0. The zero-order valence-corrected chi connectivity index (χ0v) is 13.2. The Hall–Kier alpha value is -2.18. The molecule has 1 aromatic rings. The Morgan fingerprint density at radius 1 is 1.17 bits per heavy atom. The fourth-order valence-electron chi connectivity index (χ4n) is 3.01. The molecule has 24 heavy (non-hydrogen) atoms. The number of carboxylic acid groups (broad SMARTS) is 1. The van der Waals surface area contributed by atoms with E-state index in [0.717, 1.165) is 19.3 Å². The van der Waals surface area contributed by atoms with Crippen molar-refractivity contribution in [2.45, 2.75) is 51.2 Å². The van der Waals surface area contributed by atoms with Gasteiger partial charge in [0, 0.05) is 6.04 Å². The van der Waals surface area contributed by atoms with Gasteiger partial charge in [0.05, 0.1) is 12.3 Å². The number of hydrogen-bond donors (Lipinski definition) is 2. The Morgan fingerprint density at radius 2 is 1.83 bits per heavy atom. The number of nitrogens with one attached hydrogen (secondary N) is 1. The van der Waals surface area contributed by atoms with Gasteiger partial charge in [-0.2, -0.15) is 8.78 Å². The molecule has 0 unspecified atom stereocenters. The quantitative estimate of drug-likeness (QED) is 0.780. The van der Waals surface area contributed by atoms with Gasteiger partial charge in [-0.3, -0.25) is 9.59 Å². The van der Waals surface area contributed by atoms with Gasteiger partial charge in [0.1, 0.15) is 5.75 Å². The highest BCUT2D eigenvalue weighted by Gasteiger charge is 2.30. The predicted molar refractivity (Wildman–Crippen MR) is 82.9 cm³/mol. The second-order valence-corrected chi connectivity index (χ2v) is 5.96. The number of carbonyl (C=O) groups excluding carboxylic acids is 1. The fourth-order valence-corrected chi connectivity index (χ4v) is 3.01. The van der Waals surface area contributed by atoms with Crippen molar-refractivity contribution in [3.05, 3.63) is 29.8 Å². The molecule has 132 valence electrons. The standard InChI is InChI=1S/C17H21F2NO4/c18-17(19)24-12-8-6-11(7-9-12)10-15(21)20-14-5-3-1-2-4-13(14)16(22)23/h6-9,13-14,17H,1-5,10H2,(H,20,21)(H,22,23)/t13-,14+/m1/s1. The molecule has 1 aromatic carbocycles. The molecule has 5 nitrogen and oxygen atoms in total. The van der Waals surface area contributed by atoms with E-state index in [1.165, 1.54) is 12.1 Å². The molecule has 1 aliphatic rings. The third kappa shape index (κ3) is 5.47. The SMILES string of the molecule is O=C(Cc1ccc(OC(F)F)cc1)N[C@H]1CCCCC[C@H]1C(=O)O. The maximum absolute atomic E-state index is 12.2. The molecule has 0 bridgehead atoms. The van der Waals surface area contributed by atoms with Gasteiger partial charge >= 0.3 is 12.6 Å². The van der Waals surface area contributed by atoms with Crippen LogP contribution in [-0.2, 0) is 16.0 Å². The lowest BCUT2D eigenvalue weighted by atomic mass is 9.94. The van der Waals surface area contributed by atoms with Gasteiger partial charge in [-0.15, -0.1) is 0 Å². The van der Waals surface area contributed by atoms with Gasteiger partial charge < -0.3 is 15.2 Å². The van der Waals surface area contributed by atoms with Gasteiger partial charge in [0.25, 0.3) is 0 Å². The van der Waals surface area contributed by atoms with Crippen LogP contribution in [-0.4, -0.2) is 29.6 Å². The lowest BCUT2D eigenvalue weighted by Gasteiger charge is -2.23. The van der Waals surface area contributed by atoms with Crippen LogP contribution in [0.3, 0.4) is 0 Å². The summed E-state index contributed by atoms with van der Waals surface area (Å²) in [5.74, 6) is -1.67. The first-order valence-electron chi connectivity index (χ1n) is 8.01. The molecular weight excluding hydrogens is 320 g/mol. The molecule has 1 amide bonds. The monoisotopic (exact) mass is 341 g/mol. The van der Waals surface area contributed by atoms with E-state index >= 15 is 0 Å². The minimum atomic E-state index is -2.89. The highest BCUT2D eigenvalue weighted by Crippen LogP contribution is 2.24. The summed E-state index contributed by atoms with van der Waals surface area (Å²) in [6, 6.07) is 5.47. The van der Waals surface area contributed by atoms with Crippen molar-refractivity contribution in [3.8, 4) is 5.75 Å². The summed E-state index contributed by atoms with van der Waals surface area (Å²) in [5.41, 5.74) is 0.648. The molecule has 0 spiro atoms. The van der Waals surface area contributed by atoms with Crippen molar-refractivity contribution in [1.29, 1.82) is 0 Å². The molecular formula is C17H21F2NO4. The Bertz CT molecular complexity index is 562. The summed E-state index contributed by atoms with van der Waals surface area (Å²) in [5, 5.41) is 12.1. The molecule has 1 saturated carbocycles. The van der Waals surface area contributed by atoms with Crippen LogP contribution in [0.1, 0.15) is 37.7 Å². The first-order valence-corrected chi connectivity index (χ1v) is 8.01. The van der Waals surface area contributed by atoms with Crippen LogP contribution in [0.2, 0.25) is 0 Å². The fraction of sp³-hybridized carbons (Fsp3) is 0.529. The van der Waals surface area contributed by atoms with E-state index < -0.39 is 18.5 Å². The first kappa shape index (κ1) is 18.2. The Kier molecular flexibility index (Phi) is 6.52. The van der Waals surface area contributed by atoms with Crippen LogP contribution in [0.15, 0.2) is 24.3 Å². The summed E-state index contributed by atoms with van der Waals surface area (Å²) < 4.78 is 28.4.